The number of nitrogens with one attached hydrogen (secondary N) is 1. The Balaban J connectivity index is 2.51. The third-order valence-corrected chi connectivity index (χ3v) is 5.37. The van der Waals surface area contributed by atoms with Gasteiger partial charge in [-0.15, -0.1) is 0 Å². The number of unbranched alkanes of at least 4 members (excludes halogenated alkanes) is 1. The summed E-state index contributed by atoms with van der Waals surface area (Å²) in [4.78, 5) is 0. The summed E-state index contributed by atoms with van der Waals surface area (Å²) in [5.41, 5.74) is 0. The van der Waals surface area contributed by atoms with Gasteiger partial charge in [-0.05, 0) is 25.2 Å². The average Bonchev–Trinajstić information content (AvgIpc) is 2.18. The molecule has 0 heterocycles. The van der Waals surface area contributed by atoms with Crippen LogP contribution >= 0.6 is 0 Å². The number of sulfonamides is 1. The number of hydrogen-bond donors (Lipinski definition) is 1. The SMILES string of the molecule is CCCCNS(=O)(=O)C1CCCCC1C. The Kier molecular flexibility index (Phi) is 5.06. The third kappa shape index (κ3) is 3.76. The summed E-state index contributed by atoms with van der Waals surface area (Å²) in [6, 6.07) is 0. The first kappa shape index (κ1) is 13.0. The molecular formula is C11H23NO2S. The molecule has 0 spiro atoms. The molecule has 0 aromatic carbocycles. The minimum atomic E-state index is -3.05. The zero-order chi connectivity index (χ0) is 11.3. The fourth-order valence-corrected chi connectivity index (χ4v) is 4.11. The van der Waals surface area contributed by atoms with Gasteiger partial charge in [0.1, 0.15) is 0 Å². The third-order valence-electron chi connectivity index (χ3n) is 3.26. The summed E-state index contributed by atoms with van der Waals surface area (Å²) in [5.74, 6) is 0.317. The molecule has 1 fully saturated rings. The topological polar surface area (TPSA) is 46.2 Å². The summed E-state index contributed by atoms with van der Waals surface area (Å²) in [7, 11) is -3.05. The molecule has 0 aromatic heterocycles. The van der Waals surface area contributed by atoms with Crippen molar-refractivity contribution in [3.8, 4) is 0 Å². The van der Waals surface area contributed by atoms with E-state index < -0.39 is 10.0 Å². The molecular weight excluding hydrogens is 210 g/mol. The highest BCUT2D eigenvalue weighted by atomic mass is 32.2. The van der Waals surface area contributed by atoms with Crippen LogP contribution < -0.4 is 4.72 Å². The minimum Gasteiger partial charge on any atom is -0.215 e. The van der Waals surface area contributed by atoms with Crippen LogP contribution in [0.25, 0.3) is 0 Å². The van der Waals surface area contributed by atoms with Crippen LogP contribution in [0.15, 0.2) is 0 Å². The summed E-state index contributed by atoms with van der Waals surface area (Å²) >= 11 is 0. The normalized spacial score (nSPS) is 27.9. The highest BCUT2D eigenvalue weighted by Crippen LogP contribution is 2.28. The lowest BCUT2D eigenvalue weighted by molar-refractivity contribution is 0.378. The standard InChI is InChI=1S/C11H23NO2S/c1-3-4-9-12-15(13,14)11-8-6-5-7-10(11)2/h10-12H,3-9H2,1-2H3. The zero-order valence-electron chi connectivity index (χ0n) is 9.83. The van der Waals surface area contributed by atoms with Gasteiger partial charge in [-0.2, -0.15) is 0 Å². The molecule has 0 radical (unpaired) electrons. The first-order chi connectivity index (χ1) is 7.08. The predicted octanol–water partition coefficient (Wildman–Crippen LogP) is 2.28. The van der Waals surface area contributed by atoms with Crippen LogP contribution in [0, 0.1) is 5.92 Å². The molecule has 90 valence electrons. The van der Waals surface area contributed by atoms with Crippen LogP contribution in [-0.2, 0) is 10.0 Å². The molecule has 0 aromatic rings. The number of hydrogen-bond acceptors (Lipinski definition) is 2. The predicted molar refractivity (Wildman–Crippen MR) is 63.3 cm³/mol. The highest BCUT2D eigenvalue weighted by Gasteiger charge is 2.32. The van der Waals surface area contributed by atoms with Crippen LogP contribution in [0.2, 0.25) is 0 Å². The average molecular weight is 233 g/mol. The van der Waals surface area contributed by atoms with Crippen molar-refractivity contribution in [3.63, 3.8) is 0 Å². The van der Waals surface area contributed by atoms with Gasteiger partial charge in [0.25, 0.3) is 0 Å². The first-order valence-corrected chi connectivity index (χ1v) is 7.61. The second-order valence-electron chi connectivity index (χ2n) is 4.59. The molecule has 1 saturated carbocycles. The van der Waals surface area contributed by atoms with Crippen LogP contribution in [0.5, 0.6) is 0 Å². The largest absolute Gasteiger partial charge is 0.215 e. The Morgan fingerprint density at radius 1 is 1.27 bits per heavy atom. The number of rotatable bonds is 5. The van der Waals surface area contributed by atoms with E-state index in [1.165, 1.54) is 6.42 Å². The van der Waals surface area contributed by atoms with Crippen LogP contribution in [0.1, 0.15) is 52.4 Å². The molecule has 1 N–H and O–H groups in total. The lowest BCUT2D eigenvalue weighted by Crippen LogP contribution is -2.40. The van der Waals surface area contributed by atoms with Crippen LogP contribution in [0.4, 0.5) is 0 Å². The van der Waals surface area contributed by atoms with Gasteiger partial charge in [0.15, 0.2) is 0 Å². The van der Waals surface area contributed by atoms with E-state index in [4.69, 9.17) is 0 Å². The smallest absolute Gasteiger partial charge is 0.214 e. The van der Waals surface area contributed by atoms with Crippen molar-refractivity contribution in [2.24, 2.45) is 5.92 Å². The zero-order valence-corrected chi connectivity index (χ0v) is 10.6. The Morgan fingerprint density at radius 2 is 1.93 bits per heavy atom. The van der Waals surface area contributed by atoms with Crippen LogP contribution in [-0.4, -0.2) is 20.2 Å². The molecule has 4 heteroatoms. The van der Waals surface area contributed by atoms with Gasteiger partial charge < -0.3 is 0 Å². The maximum Gasteiger partial charge on any atom is 0.214 e. The van der Waals surface area contributed by atoms with E-state index in [1.54, 1.807) is 0 Å². The maximum absolute atomic E-state index is 12.0. The molecule has 2 unspecified atom stereocenters. The van der Waals surface area contributed by atoms with Gasteiger partial charge in [0.05, 0.1) is 5.25 Å². The molecule has 0 amide bonds. The van der Waals surface area contributed by atoms with E-state index in [0.717, 1.165) is 32.1 Å². The van der Waals surface area contributed by atoms with Crippen molar-refractivity contribution in [3.05, 3.63) is 0 Å². The molecule has 0 saturated heterocycles. The molecule has 3 nitrogen and oxygen atoms in total. The first-order valence-electron chi connectivity index (χ1n) is 6.06. The molecule has 1 aliphatic carbocycles. The maximum atomic E-state index is 12.0. The fourth-order valence-electron chi connectivity index (χ4n) is 2.24. The highest BCUT2D eigenvalue weighted by molar-refractivity contribution is 7.90. The quantitative estimate of drug-likeness (QED) is 0.741. The molecule has 0 bridgehead atoms. The molecule has 15 heavy (non-hydrogen) atoms. The van der Waals surface area contributed by atoms with Crippen LogP contribution in [0.3, 0.4) is 0 Å². The van der Waals surface area contributed by atoms with Gasteiger partial charge in [0.2, 0.25) is 10.0 Å². The Morgan fingerprint density at radius 3 is 2.53 bits per heavy atom. The van der Waals surface area contributed by atoms with Gasteiger partial charge >= 0.3 is 0 Å². The van der Waals surface area contributed by atoms with Gasteiger partial charge in [-0.3, -0.25) is 0 Å². The summed E-state index contributed by atoms with van der Waals surface area (Å²) < 4.78 is 26.7. The Hall–Kier alpha value is -0.0900. The van der Waals surface area contributed by atoms with Crippen molar-refractivity contribution in [1.29, 1.82) is 0 Å². The van der Waals surface area contributed by atoms with E-state index in [0.29, 0.717) is 12.5 Å². The summed E-state index contributed by atoms with van der Waals surface area (Å²) in [6.07, 6.45) is 6.09. The van der Waals surface area contributed by atoms with Crippen molar-refractivity contribution in [2.75, 3.05) is 6.54 Å². The second kappa shape index (κ2) is 5.85. The van der Waals surface area contributed by atoms with E-state index in [2.05, 4.69) is 18.6 Å². The Labute approximate surface area is 93.7 Å². The second-order valence-corrected chi connectivity index (χ2v) is 6.58. The van der Waals surface area contributed by atoms with Crippen molar-refractivity contribution in [1.82, 2.24) is 4.72 Å². The van der Waals surface area contributed by atoms with E-state index in [9.17, 15) is 8.42 Å². The Bertz CT molecular complexity index is 274. The van der Waals surface area contributed by atoms with Gasteiger partial charge in [-0.1, -0.05) is 33.1 Å². The van der Waals surface area contributed by atoms with E-state index in [1.807, 2.05) is 0 Å². The minimum absolute atomic E-state index is 0.150. The summed E-state index contributed by atoms with van der Waals surface area (Å²) in [6.45, 7) is 4.72. The van der Waals surface area contributed by atoms with Crippen molar-refractivity contribution in [2.45, 2.75) is 57.6 Å². The lowest BCUT2D eigenvalue weighted by atomic mass is 9.90. The monoisotopic (exact) mass is 233 g/mol. The van der Waals surface area contributed by atoms with Gasteiger partial charge in [-0.25, -0.2) is 13.1 Å². The molecule has 0 aliphatic heterocycles. The van der Waals surface area contributed by atoms with Crippen molar-refractivity contribution >= 4 is 10.0 Å². The van der Waals surface area contributed by atoms with Crippen molar-refractivity contribution < 1.29 is 8.42 Å². The van der Waals surface area contributed by atoms with Gasteiger partial charge in [0, 0.05) is 6.54 Å². The molecule has 1 rings (SSSR count). The van der Waals surface area contributed by atoms with E-state index >= 15 is 0 Å². The van der Waals surface area contributed by atoms with E-state index in [-0.39, 0.29) is 5.25 Å². The fraction of sp³-hybridized carbons (Fsp3) is 1.00. The lowest BCUT2D eigenvalue weighted by Gasteiger charge is -2.28. The summed E-state index contributed by atoms with van der Waals surface area (Å²) in [5, 5.41) is -0.150. The molecule has 2 atom stereocenters. The molecule has 1 aliphatic rings.